The first-order chi connectivity index (χ1) is 9.56. The van der Waals surface area contributed by atoms with Gasteiger partial charge in [-0.1, -0.05) is 16.8 Å². The topological polar surface area (TPSA) is 92.8 Å². The zero-order chi connectivity index (χ0) is 14.5. The minimum Gasteiger partial charge on any atom is -0.484 e. The summed E-state index contributed by atoms with van der Waals surface area (Å²) < 4.78 is 5.39. The van der Waals surface area contributed by atoms with Gasteiger partial charge < -0.3 is 10.1 Å². The minimum atomic E-state index is -0.336. The molecule has 2 rings (SSSR count). The fraction of sp³-hybridized carbons (Fsp3) is 0.333. The highest BCUT2D eigenvalue weighted by atomic mass is 35.5. The number of benzene rings is 1. The van der Waals surface area contributed by atoms with Crippen LogP contribution < -0.4 is 10.1 Å². The Balaban J connectivity index is 1.84. The number of carbonyl (C=O) groups excluding carboxylic acids is 1. The van der Waals surface area contributed by atoms with E-state index >= 15 is 0 Å². The lowest BCUT2D eigenvalue weighted by molar-refractivity contribution is -0.123. The van der Waals surface area contributed by atoms with Crippen molar-refractivity contribution in [3.05, 3.63) is 34.6 Å². The van der Waals surface area contributed by atoms with Crippen molar-refractivity contribution in [1.82, 2.24) is 25.9 Å². The highest BCUT2D eigenvalue weighted by Gasteiger charge is 2.13. The third kappa shape index (κ3) is 3.67. The van der Waals surface area contributed by atoms with E-state index in [4.69, 9.17) is 16.3 Å². The van der Waals surface area contributed by atoms with E-state index < -0.39 is 0 Å². The van der Waals surface area contributed by atoms with E-state index in [0.717, 1.165) is 5.56 Å². The van der Waals surface area contributed by atoms with Crippen LogP contribution in [0.15, 0.2) is 18.2 Å². The quantitative estimate of drug-likeness (QED) is 0.870. The predicted octanol–water partition coefficient (Wildman–Crippen LogP) is 1.42. The van der Waals surface area contributed by atoms with E-state index in [0.29, 0.717) is 16.6 Å². The van der Waals surface area contributed by atoms with Gasteiger partial charge in [0.1, 0.15) is 5.75 Å². The van der Waals surface area contributed by atoms with Gasteiger partial charge in [-0.25, -0.2) is 0 Å². The van der Waals surface area contributed by atoms with Crippen molar-refractivity contribution in [2.24, 2.45) is 0 Å². The predicted molar refractivity (Wildman–Crippen MR) is 72.4 cm³/mol. The Bertz CT molecular complexity index is 588. The first-order valence-corrected chi connectivity index (χ1v) is 6.35. The van der Waals surface area contributed by atoms with Crippen molar-refractivity contribution < 1.29 is 9.53 Å². The minimum absolute atomic E-state index is 0.0940. The van der Waals surface area contributed by atoms with Crippen molar-refractivity contribution in [3.8, 4) is 5.75 Å². The molecule has 0 saturated heterocycles. The molecule has 1 aromatic heterocycles. The summed E-state index contributed by atoms with van der Waals surface area (Å²) in [4.78, 5) is 11.7. The number of carbonyl (C=O) groups is 1. The number of aromatic nitrogens is 4. The Hall–Kier alpha value is -2.15. The van der Waals surface area contributed by atoms with Crippen LogP contribution in [0, 0.1) is 6.92 Å². The summed E-state index contributed by atoms with van der Waals surface area (Å²) in [7, 11) is 0. The van der Waals surface area contributed by atoms with Crippen molar-refractivity contribution in [3.63, 3.8) is 0 Å². The molecule has 1 unspecified atom stereocenters. The lowest BCUT2D eigenvalue weighted by atomic mass is 10.2. The van der Waals surface area contributed by atoms with Crippen LogP contribution in [0.1, 0.15) is 24.4 Å². The second kappa shape index (κ2) is 6.33. The maximum absolute atomic E-state index is 11.7. The molecule has 8 heteroatoms. The lowest BCUT2D eigenvalue weighted by Gasteiger charge is -2.11. The van der Waals surface area contributed by atoms with Crippen molar-refractivity contribution in [1.29, 1.82) is 0 Å². The summed E-state index contributed by atoms with van der Waals surface area (Å²) in [5.74, 6) is 0.741. The Morgan fingerprint density at radius 2 is 2.35 bits per heavy atom. The third-order valence-corrected chi connectivity index (χ3v) is 3.05. The van der Waals surface area contributed by atoms with Crippen LogP contribution >= 0.6 is 11.6 Å². The van der Waals surface area contributed by atoms with Crippen LogP contribution in [-0.2, 0) is 4.79 Å². The van der Waals surface area contributed by atoms with Gasteiger partial charge in [-0.3, -0.25) is 4.79 Å². The molecular formula is C12H14ClN5O2. The molecule has 0 radical (unpaired) electrons. The van der Waals surface area contributed by atoms with Crippen LogP contribution in [0.25, 0.3) is 0 Å². The van der Waals surface area contributed by atoms with E-state index in [2.05, 4.69) is 25.9 Å². The van der Waals surface area contributed by atoms with Gasteiger partial charge in [0.05, 0.1) is 6.04 Å². The second-order valence-electron chi connectivity index (χ2n) is 4.26. The van der Waals surface area contributed by atoms with Gasteiger partial charge in [-0.15, -0.1) is 10.2 Å². The standard InChI is InChI=1S/C12H14ClN5O2/c1-7-5-9(3-4-10(7)13)20-6-11(19)14-8(2)12-15-17-18-16-12/h3-5,8H,6H2,1-2H3,(H,14,19)(H,15,16,17,18). The zero-order valence-corrected chi connectivity index (χ0v) is 11.8. The Morgan fingerprint density at radius 1 is 1.55 bits per heavy atom. The van der Waals surface area contributed by atoms with Crippen molar-refractivity contribution in [2.45, 2.75) is 19.9 Å². The van der Waals surface area contributed by atoms with E-state index in [1.165, 1.54) is 0 Å². The maximum atomic E-state index is 11.7. The summed E-state index contributed by atoms with van der Waals surface area (Å²) in [5, 5.41) is 16.7. The average Bonchev–Trinajstić information content (AvgIpc) is 2.94. The van der Waals surface area contributed by atoms with Crippen LogP contribution in [0.5, 0.6) is 5.75 Å². The molecular weight excluding hydrogens is 282 g/mol. The summed E-state index contributed by atoms with van der Waals surface area (Å²) in [6.45, 7) is 3.53. The molecule has 1 atom stereocenters. The number of ether oxygens (including phenoxy) is 1. The highest BCUT2D eigenvalue weighted by Crippen LogP contribution is 2.20. The van der Waals surface area contributed by atoms with E-state index in [9.17, 15) is 4.79 Å². The van der Waals surface area contributed by atoms with Gasteiger partial charge >= 0.3 is 0 Å². The molecule has 0 fully saturated rings. The lowest BCUT2D eigenvalue weighted by Crippen LogP contribution is -2.31. The molecule has 0 aliphatic rings. The van der Waals surface area contributed by atoms with Crippen molar-refractivity contribution in [2.75, 3.05) is 6.61 Å². The molecule has 0 saturated carbocycles. The Morgan fingerprint density at radius 3 is 3.00 bits per heavy atom. The SMILES string of the molecule is Cc1cc(OCC(=O)NC(C)c2nn[nH]n2)ccc1Cl. The van der Waals surface area contributed by atoms with E-state index in [-0.39, 0.29) is 18.6 Å². The first kappa shape index (κ1) is 14.3. The number of amides is 1. The van der Waals surface area contributed by atoms with Crippen LogP contribution in [-0.4, -0.2) is 33.1 Å². The number of hydrogen-bond acceptors (Lipinski definition) is 5. The fourth-order valence-corrected chi connectivity index (χ4v) is 1.67. The van der Waals surface area contributed by atoms with Gasteiger partial charge in [0.15, 0.2) is 12.4 Å². The summed E-state index contributed by atoms with van der Waals surface area (Å²) >= 11 is 5.91. The smallest absolute Gasteiger partial charge is 0.258 e. The maximum Gasteiger partial charge on any atom is 0.258 e. The second-order valence-corrected chi connectivity index (χ2v) is 4.67. The molecule has 1 heterocycles. The number of tetrazole rings is 1. The molecule has 1 aromatic carbocycles. The molecule has 1 amide bonds. The Kier molecular flexibility index (Phi) is 4.52. The normalized spacial score (nSPS) is 11.9. The number of nitrogens with zero attached hydrogens (tertiary/aromatic N) is 3. The molecule has 0 aliphatic heterocycles. The van der Waals surface area contributed by atoms with E-state index in [1.807, 2.05) is 6.92 Å². The number of hydrogen-bond donors (Lipinski definition) is 2. The summed E-state index contributed by atoms with van der Waals surface area (Å²) in [5.41, 5.74) is 0.893. The van der Waals surface area contributed by atoms with Gasteiger partial charge in [0.25, 0.3) is 5.91 Å². The number of aryl methyl sites for hydroxylation is 1. The average molecular weight is 296 g/mol. The molecule has 2 N–H and O–H groups in total. The Labute approximate surface area is 120 Å². The molecule has 0 spiro atoms. The number of aromatic amines is 1. The van der Waals surface area contributed by atoms with Gasteiger partial charge in [0.2, 0.25) is 0 Å². The molecule has 0 bridgehead atoms. The first-order valence-electron chi connectivity index (χ1n) is 5.98. The molecule has 0 aliphatic carbocycles. The largest absolute Gasteiger partial charge is 0.484 e. The molecule has 20 heavy (non-hydrogen) atoms. The number of H-pyrrole nitrogens is 1. The van der Waals surface area contributed by atoms with Gasteiger partial charge in [0, 0.05) is 5.02 Å². The fourth-order valence-electron chi connectivity index (χ4n) is 1.56. The number of halogens is 1. The number of nitrogens with one attached hydrogen (secondary N) is 2. The van der Waals surface area contributed by atoms with Crippen LogP contribution in [0.2, 0.25) is 5.02 Å². The zero-order valence-electron chi connectivity index (χ0n) is 11.1. The highest BCUT2D eigenvalue weighted by molar-refractivity contribution is 6.31. The molecule has 7 nitrogen and oxygen atoms in total. The van der Waals surface area contributed by atoms with Crippen LogP contribution in [0.3, 0.4) is 0 Å². The van der Waals surface area contributed by atoms with Gasteiger partial charge in [-0.2, -0.15) is 5.21 Å². The van der Waals surface area contributed by atoms with Crippen molar-refractivity contribution >= 4 is 17.5 Å². The summed E-state index contributed by atoms with van der Waals surface area (Å²) in [6, 6.07) is 4.88. The van der Waals surface area contributed by atoms with E-state index in [1.54, 1.807) is 25.1 Å². The van der Waals surface area contributed by atoms with Crippen LogP contribution in [0.4, 0.5) is 0 Å². The third-order valence-electron chi connectivity index (χ3n) is 2.63. The van der Waals surface area contributed by atoms with Gasteiger partial charge in [-0.05, 0) is 37.6 Å². The number of rotatable bonds is 5. The molecule has 2 aromatic rings. The summed E-state index contributed by atoms with van der Waals surface area (Å²) in [6.07, 6.45) is 0. The molecule has 106 valence electrons. The monoisotopic (exact) mass is 295 g/mol.